The number of carbonyl (C=O) groups excluding carboxylic acids is 10. The van der Waals surface area contributed by atoms with E-state index in [9.17, 15) is 78.9 Å². The van der Waals surface area contributed by atoms with Gasteiger partial charge in [0.1, 0.15) is 6.07 Å². The molecule has 0 fully saturated rings. The second-order valence-corrected chi connectivity index (χ2v) is 9.85. The molecule has 3 aromatic rings. The monoisotopic (exact) mass is 1830 g/mol. The summed E-state index contributed by atoms with van der Waals surface area (Å²) in [6.07, 6.45) is 4.87. The molecule has 0 spiro atoms. The van der Waals surface area contributed by atoms with E-state index in [1.807, 2.05) is 0 Å². The van der Waals surface area contributed by atoms with Crippen molar-refractivity contribution in [3.8, 4) is 18.2 Å². The van der Waals surface area contributed by atoms with Gasteiger partial charge < -0.3 is 147 Å². The molecule has 3 rings (SSSR count). The van der Waals surface area contributed by atoms with Gasteiger partial charge in [-0.2, -0.15) is 5.26 Å². The van der Waals surface area contributed by atoms with Crippen LogP contribution in [-0.4, -0.2) is 95.3 Å². The topological polar surface area (TPSA) is 589 Å². The normalized spacial score (nSPS) is 7.87. The van der Waals surface area contributed by atoms with Gasteiger partial charge in [-0.15, -0.1) is 0 Å². The Bertz CT molecular complexity index is 2270. The first-order chi connectivity index (χ1) is 31.0. The molecule has 77 heavy (non-hydrogen) atoms. The predicted octanol–water partition coefficient (Wildman–Crippen LogP) is -40.9. The van der Waals surface area contributed by atoms with Gasteiger partial charge in [0, 0.05) is 54.0 Å². The number of nitrogens with zero attached hydrogens (tertiary/aromatic N) is 4. The molecule has 0 atom stereocenters. The summed E-state index contributed by atoms with van der Waals surface area (Å²) in [5.74, 6) is -12.3. The van der Waals surface area contributed by atoms with Crippen LogP contribution in [0.1, 0.15) is 80.6 Å². The number of aliphatic carboxylic acids is 2. The molecular formula is C35H25CuN10O21Rb10. The summed E-state index contributed by atoms with van der Waals surface area (Å²) in [6, 6.07) is 4.50. The van der Waals surface area contributed by atoms with Gasteiger partial charge in [0.2, 0.25) is 0 Å². The van der Waals surface area contributed by atoms with Gasteiger partial charge in [-0.05, 0) is 25.6 Å². The number of carbonyl (C=O) groups is 8. The van der Waals surface area contributed by atoms with E-state index in [-0.39, 0.29) is 645 Å². The molecule has 0 amide bonds. The fourth-order valence-corrected chi connectivity index (χ4v) is 3.19. The average Bonchev–Trinajstić information content (AvgIpc) is 4.00. The number of anilines is 1. The molecule has 8 N–H and O–H groups in total. The van der Waals surface area contributed by atoms with Gasteiger partial charge >= 0.3 is 599 Å². The van der Waals surface area contributed by atoms with Crippen LogP contribution in [0.25, 0.3) is 0 Å². The number of ether oxygens (including phenoxy) is 3. The third-order valence-electron chi connectivity index (χ3n) is 5.85. The number of nitrogens with one attached hydrogen (secondary N) is 4. The predicted molar refractivity (Wildman–Crippen MR) is 187 cm³/mol. The summed E-state index contributed by atoms with van der Waals surface area (Å²) in [6.45, 7) is 9.55. The number of aromatic amines is 3. The molecule has 0 bridgehead atoms. The quantitative estimate of drug-likeness (QED) is 0.0336. The largest absolute Gasteiger partial charge is 1.00 e. The molecule has 3 heterocycles. The maximum atomic E-state index is 10.3. The van der Waals surface area contributed by atoms with Crippen LogP contribution in [0.15, 0.2) is 42.6 Å². The van der Waals surface area contributed by atoms with Crippen molar-refractivity contribution in [3.63, 3.8) is 0 Å². The standard InChI is InChI=1S/C7H4N2O4.C7H7NO4.C6H6N2O4.C6H5N2O4.C6H6NO3.C2H5NO2.CN.Cu.10Rb/c8-1-3-4(6(10)11)2-9-5(3)7(12)13;1-3-4(6(9)10)2-8-5(3)7(11)12;7-3-2(5(9)10)1-8-4(3)6(11)12;7-1-5(12-4-9)2-8-3-6(10)11;1-2-9-4-6(3-7)10-5-8;3-1-2(4)5;1-2;;;;;;;;;;;/h2,9H,(H,10,11)(H,12,13);2,8H,1H3,(H,9,10)(H,11,12);1,8H,7H2,(H,9,10)(H,11,12);2,8H,3H2,(H,10,11);4H,2H2,1H3;1,3H2,(H,4,5);;;;;;;;;;;;/q;;;2*-1;;-1;11*+1/p-8/b;;;5-2+;6-4+;;;;;;;;;;;;;. The molecule has 0 aliphatic rings. The SMILES string of the molecule is CCO/C=C(\C#N)O[C-]=O.Cc1c(C(=O)[O-])c[nH]c1C(=O)[O-].N#C/C(=C\NCC(=O)[O-])O[C-]=O.N#Cc1c(C(=O)[O-])c[nH]c1C(=O)[O-].NCC(=O)[O-].Nc1c(C(=O)[O-])c[nH]c1C(=O)[O-].[C-]#N.[Cu+].[Rb+].[Rb+].[Rb+].[Rb+].[Rb+].[Rb+].[Rb+].[Rb+].[Rb+].[Rb+]. The molecule has 0 aromatic carbocycles. The van der Waals surface area contributed by atoms with E-state index in [0.29, 0.717) is 6.61 Å². The van der Waals surface area contributed by atoms with E-state index in [4.69, 9.17) is 43.3 Å². The zero-order valence-electron chi connectivity index (χ0n) is 43.3. The van der Waals surface area contributed by atoms with E-state index in [1.165, 1.54) is 19.1 Å². The smallest absolute Gasteiger partial charge is 0.601 e. The number of hydrogen-bond donors (Lipinski definition) is 6. The first kappa shape index (κ1) is 122. The van der Waals surface area contributed by atoms with Crippen LogP contribution in [-0.2, 0) is 50.5 Å². The number of H-pyrrole nitrogens is 3. The zero-order valence-corrected chi connectivity index (χ0v) is 93.4. The van der Waals surface area contributed by atoms with Crippen LogP contribution in [0.2, 0.25) is 0 Å². The summed E-state index contributed by atoms with van der Waals surface area (Å²) in [5, 5.41) is 114. The zero-order chi connectivity index (χ0) is 52.1. The van der Waals surface area contributed by atoms with E-state index in [0.717, 1.165) is 44.0 Å². The Hall–Kier alpha value is 7.91. The Kier molecular flexibility index (Phi) is 127. The van der Waals surface area contributed by atoms with Gasteiger partial charge in [-0.25, -0.2) is 10.5 Å². The molecule has 0 radical (unpaired) electrons. The van der Waals surface area contributed by atoms with Crippen molar-refractivity contribution in [2.24, 2.45) is 5.73 Å². The summed E-state index contributed by atoms with van der Waals surface area (Å²) >= 11 is 0. The van der Waals surface area contributed by atoms with Crippen molar-refractivity contribution in [1.82, 2.24) is 20.3 Å². The Morgan fingerprint density at radius 3 is 1.23 bits per heavy atom. The molecule has 0 aliphatic heterocycles. The first-order valence-electron chi connectivity index (χ1n) is 16.0. The van der Waals surface area contributed by atoms with Crippen LogP contribution in [0, 0.1) is 52.8 Å². The van der Waals surface area contributed by atoms with E-state index < -0.39 is 76.8 Å². The van der Waals surface area contributed by atoms with Gasteiger partial charge in [0.25, 0.3) is 0 Å². The third kappa shape index (κ3) is 62.5. The summed E-state index contributed by atoms with van der Waals surface area (Å²) in [4.78, 5) is 106. The molecule has 0 aliphatic carbocycles. The number of carboxylic acid groups (broad SMARTS) is 8. The number of rotatable bonds is 16. The number of nitrogens with two attached hydrogens (primary N) is 2. The number of aromatic nitrogens is 3. The van der Waals surface area contributed by atoms with Crippen LogP contribution in [0.4, 0.5) is 5.69 Å². The number of carboxylic acids is 8. The van der Waals surface area contributed by atoms with Gasteiger partial charge in [-0.1, -0.05) is 0 Å². The fourth-order valence-electron chi connectivity index (χ4n) is 3.19. The van der Waals surface area contributed by atoms with Crippen LogP contribution >= 0.6 is 0 Å². The van der Waals surface area contributed by atoms with Crippen LogP contribution < -0.4 is 640 Å². The Morgan fingerprint density at radius 1 is 0.623 bits per heavy atom. The van der Waals surface area contributed by atoms with E-state index in [1.54, 1.807) is 13.0 Å². The van der Waals surface area contributed by atoms with Gasteiger partial charge in [0.15, 0.2) is 12.9 Å². The second-order valence-electron chi connectivity index (χ2n) is 9.85. The van der Waals surface area contributed by atoms with Gasteiger partial charge in [-0.3, -0.25) is 0 Å². The fraction of sp³-hybridized carbons (Fsp3) is 0.143. The minimum atomic E-state index is -1.64. The number of hydrogen-bond acceptors (Lipinski definition) is 28. The van der Waals surface area contributed by atoms with Crippen molar-refractivity contribution < 1.29 is 702 Å². The molecule has 42 heteroatoms. The molecular weight excluding hydrogens is 1810 g/mol. The second kappa shape index (κ2) is 80.0. The number of allylic oxidation sites excluding steroid dienone is 2. The Balaban J connectivity index is -0.0000000451. The van der Waals surface area contributed by atoms with Crippen LogP contribution in [0.3, 0.4) is 0 Å². The van der Waals surface area contributed by atoms with Gasteiger partial charge in [0.05, 0.1) is 107 Å². The summed E-state index contributed by atoms with van der Waals surface area (Å²) in [7, 11) is 0. The van der Waals surface area contributed by atoms with Crippen molar-refractivity contribution in [3.05, 3.63) is 94.0 Å². The van der Waals surface area contributed by atoms with Crippen molar-refractivity contribution >= 4 is 66.4 Å². The van der Waals surface area contributed by atoms with Crippen molar-refractivity contribution in [2.75, 3.05) is 25.4 Å². The molecule has 0 saturated carbocycles. The van der Waals surface area contributed by atoms with Crippen LogP contribution in [0.5, 0.6) is 0 Å². The van der Waals surface area contributed by atoms with Crippen molar-refractivity contribution in [2.45, 2.75) is 13.8 Å². The summed E-state index contributed by atoms with van der Waals surface area (Å²) in [5.41, 5.74) is 6.64. The summed E-state index contributed by atoms with van der Waals surface area (Å²) < 4.78 is 12.7. The number of nitriles is 3. The number of aromatic carboxylic acids is 6. The molecule has 0 unspecified atom stereocenters. The average molecular weight is 1840 g/mol. The Labute approximate surface area is 937 Å². The number of nitrogen functional groups attached to an aromatic ring is 1. The van der Waals surface area contributed by atoms with E-state index in [2.05, 4.69) is 40.2 Å². The maximum Gasteiger partial charge on any atom is 1.00 e. The minimum Gasteiger partial charge on any atom is -0.601 e. The van der Waals surface area contributed by atoms with Crippen molar-refractivity contribution in [1.29, 1.82) is 21.0 Å². The third-order valence-corrected chi connectivity index (χ3v) is 5.85. The van der Waals surface area contributed by atoms with E-state index >= 15 is 0 Å². The molecule has 0 saturated heterocycles. The Morgan fingerprint density at radius 2 is 0.974 bits per heavy atom. The molecule has 362 valence electrons. The molecule has 31 nitrogen and oxygen atoms in total. The first-order valence-corrected chi connectivity index (χ1v) is 16.0. The minimum absolute atomic E-state index is 0. The molecule has 3 aromatic heterocycles. The maximum absolute atomic E-state index is 10.3.